The van der Waals surface area contributed by atoms with Crippen LogP contribution in [0.5, 0.6) is 0 Å². The van der Waals surface area contributed by atoms with E-state index in [2.05, 4.69) is 40.5 Å². The third-order valence-electron chi connectivity index (χ3n) is 8.31. The van der Waals surface area contributed by atoms with Gasteiger partial charge >= 0.3 is 0 Å². The first kappa shape index (κ1) is 36.4. The zero-order valence-electron chi connectivity index (χ0n) is 29.5. The standard InChI is InChI=1S/C20H14F2N6.C19H14ClF2N5/c1-11-3-5-13(6-4-11)25-20-26-14(10-23)7-19(27-20)28-12(2)24-17-8-15(21)16(22)9-18(17)28;1-10-3-5-12(6-4-10)24-19-25-17(20)9-18(26-19)27-11(2)23-15-7-13(21)14(22)8-16(15)27/h3-9H,1-2H3,(H,25,26,27);3-9H,1-2H3,(H,24,25,26). The minimum absolute atomic E-state index is 0.128. The molecule has 0 aliphatic heterocycles. The maximum atomic E-state index is 13.8. The van der Waals surface area contributed by atoms with E-state index in [1.807, 2.05) is 68.4 Å². The summed E-state index contributed by atoms with van der Waals surface area (Å²) < 4.78 is 57.7. The molecule has 0 saturated carbocycles. The molecule has 0 atom stereocenters. The summed E-state index contributed by atoms with van der Waals surface area (Å²) >= 11 is 6.16. The van der Waals surface area contributed by atoms with Crippen molar-refractivity contribution in [1.82, 2.24) is 39.0 Å². The zero-order chi connectivity index (χ0) is 39.0. The Morgan fingerprint density at radius 2 is 0.964 bits per heavy atom. The smallest absolute Gasteiger partial charge is 0.230 e. The number of nitrogens with zero attached hydrogens (tertiary/aromatic N) is 9. The third-order valence-corrected chi connectivity index (χ3v) is 8.50. The molecule has 11 nitrogen and oxygen atoms in total. The lowest BCUT2D eigenvalue weighted by molar-refractivity contribution is 0.510. The van der Waals surface area contributed by atoms with Crippen LogP contribution < -0.4 is 10.6 Å². The Hall–Kier alpha value is -6.92. The van der Waals surface area contributed by atoms with E-state index in [-0.39, 0.29) is 22.7 Å². The molecule has 2 N–H and O–H groups in total. The van der Waals surface area contributed by atoms with Crippen molar-refractivity contribution in [3.63, 3.8) is 0 Å². The Kier molecular flexibility index (Phi) is 9.83. The molecule has 4 aromatic heterocycles. The summed E-state index contributed by atoms with van der Waals surface area (Å²) in [7, 11) is 0. The number of imidazole rings is 2. The Morgan fingerprint density at radius 3 is 1.42 bits per heavy atom. The predicted octanol–water partition coefficient (Wildman–Crippen LogP) is 9.43. The van der Waals surface area contributed by atoms with Crippen LogP contribution in [0.25, 0.3) is 33.7 Å². The predicted molar refractivity (Wildman–Crippen MR) is 201 cm³/mol. The maximum absolute atomic E-state index is 13.8. The average Bonchev–Trinajstić information content (AvgIpc) is 3.63. The van der Waals surface area contributed by atoms with Crippen LogP contribution in [0.15, 0.2) is 84.9 Å². The van der Waals surface area contributed by atoms with Crippen molar-refractivity contribution in [2.24, 2.45) is 0 Å². The lowest BCUT2D eigenvalue weighted by Gasteiger charge is -2.10. The van der Waals surface area contributed by atoms with Gasteiger partial charge in [0.1, 0.15) is 40.2 Å². The highest BCUT2D eigenvalue weighted by Crippen LogP contribution is 2.27. The van der Waals surface area contributed by atoms with E-state index in [9.17, 15) is 22.8 Å². The van der Waals surface area contributed by atoms with Crippen LogP contribution in [0.1, 0.15) is 28.5 Å². The van der Waals surface area contributed by atoms with Crippen LogP contribution in [-0.2, 0) is 0 Å². The molecule has 274 valence electrons. The minimum Gasteiger partial charge on any atom is -0.324 e. The Morgan fingerprint density at radius 1 is 0.545 bits per heavy atom. The molecule has 0 fully saturated rings. The Bertz CT molecular complexity index is 2780. The monoisotopic (exact) mass is 761 g/mol. The molecule has 0 saturated heterocycles. The first-order chi connectivity index (χ1) is 26.3. The molecule has 0 amide bonds. The summed E-state index contributed by atoms with van der Waals surface area (Å²) in [6, 6.07) is 24.6. The second-order valence-electron chi connectivity index (χ2n) is 12.4. The molecule has 0 aliphatic carbocycles. The van der Waals surface area contributed by atoms with Crippen LogP contribution in [0.2, 0.25) is 5.15 Å². The van der Waals surface area contributed by atoms with E-state index in [0.717, 1.165) is 46.8 Å². The molecular formula is C39H28ClF4N11. The molecule has 0 bridgehead atoms. The van der Waals surface area contributed by atoms with Gasteiger partial charge in [0.05, 0.1) is 22.1 Å². The number of aryl methyl sites for hydroxylation is 4. The fourth-order valence-corrected chi connectivity index (χ4v) is 5.91. The van der Waals surface area contributed by atoms with Gasteiger partial charge in [-0.3, -0.25) is 9.13 Å². The topological polar surface area (TPSA) is 135 Å². The number of hydrogen-bond donors (Lipinski definition) is 2. The number of nitrogens with one attached hydrogen (secondary N) is 2. The second kappa shape index (κ2) is 14.8. The summed E-state index contributed by atoms with van der Waals surface area (Å²) in [5.41, 5.74) is 5.28. The molecule has 16 heteroatoms. The van der Waals surface area contributed by atoms with Gasteiger partial charge in [-0.25, -0.2) is 37.5 Å². The van der Waals surface area contributed by atoms with E-state index in [0.29, 0.717) is 45.4 Å². The normalized spacial score (nSPS) is 11.0. The van der Waals surface area contributed by atoms with Crippen LogP contribution >= 0.6 is 11.6 Å². The van der Waals surface area contributed by atoms with Gasteiger partial charge in [-0.15, -0.1) is 0 Å². The van der Waals surface area contributed by atoms with Crippen LogP contribution in [0.4, 0.5) is 40.8 Å². The minimum atomic E-state index is -0.985. The van der Waals surface area contributed by atoms with E-state index >= 15 is 0 Å². The van der Waals surface area contributed by atoms with Gasteiger partial charge in [-0.1, -0.05) is 47.0 Å². The third kappa shape index (κ3) is 7.75. The average molecular weight is 762 g/mol. The van der Waals surface area contributed by atoms with Crippen molar-refractivity contribution in [1.29, 1.82) is 5.26 Å². The molecule has 55 heavy (non-hydrogen) atoms. The zero-order valence-corrected chi connectivity index (χ0v) is 30.3. The molecular weight excluding hydrogens is 734 g/mol. The number of aromatic nitrogens is 8. The largest absolute Gasteiger partial charge is 0.324 e. The number of halogens is 5. The molecule has 4 aromatic carbocycles. The highest BCUT2D eigenvalue weighted by Gasteiger charge is 2.18. The number of hydrogen-bond acceptors (Lipinski definition) is 9. The van der Waals surface area contributed by atoms with Gasteiger partial charge in [0.15, 0.2) is 23.3 Å². The first-order valence-corrected chi connectivity index (χ1v) is 16.9. The number of nitriles is 1. The van der Waals surface area contributed by atoms with E-state index in [4.69, 9.17) is 11.6 Å². The summed E-state index contributed by atoms with van der Waals surface area (Å²) in [4.78, 5) is 25.8. The van der Waals surface area contributed by atoms with E-state index < -0.39 is 23.3 Å². The lowest BCUT2D eigenvalue weighted by atomic mass is 10.2. The van der Waals surface area contributed by atoms with Crippen molar-refractivity contribution in [3.05, 3.63) is 142 Å². The van der Waals surface area contributed by atoms with E-state index in [1.54, 1.807) is 23.0 Å². The van der Waals surface area contributed by atoms with Crippen molar-refractivity contribution in [2.75, 3.05) is 10.6 Å². The highest BCUT2D eigenvalue weighted by atomic mass is 35.5. The van der Waals surface area contributed by atoms with E-state index in [1.165, 1.54) is 12.1 Å². The fourth-order valence-electron chi connectivity index (χ4n) is 5.73. The Labute approximate surface area is 316 Å². The van der Waals surface area contributed by atoms with Crippen molar-refractivity contribution in [3.8, 4) is 17.7 Å². The summed E-state index contributed by atoms with van der Waals surface area (Å²) in [6.07, 6.45) is 0. The molecule has 0 radical (unpaired) electrons. The van der Waals surface area contributed by atoms with Gasteiger partial charge in [0.25, 0.3) is 0 Å². The van der Waals surface area contributed by atoms with Crippen LogP contribution in [0, 0.1) is 62.3 Å². The maximum Gasteiger partial charge on any atom is 0.230 e. The van der Waals surface area contributed by atoms with Gasteiger partial charge in [0.2, 0.25) is 11.9 Å². The molecule has 0 aliphatic rings. The summed E-state index contributed by atoms with van der Waals surface area (Å²) in [5, 5.41) is 15.7. The van der Waals surface area contributed by atoms with Crippen LogP contribution in [0.3, 0.4) is 0 Å². The number of benzene rings is 4. The quantitative estimate of drug-likeness (QED) is 0.126. The number of rotatable bonds is 6. The molecule has 4 heterocycles. The van der Waals surface area contributed by atoms with Crippen molar-refractivity contribution in [2.45, 2.75) is 27.7 Å². The number of anilines is 4. The van der Waals surface area contributed by atoms with Crippen molar-refractivity contribution >= 4 is 56.9 Å². The van der Waals surface area contributed by atoms with Crippen molar-refractivity contribution < 1.29 is 17.6 Å². The number of fused-ring (bicyclic) bond motifs is 2. The molecule has 0 spiro atoms. The molecule has 0 unspecified atom stereocenters. The molecule has 8 rings (SSSR count). The molecule has 8 aromatic rings. The Balaban J connectivity index is 0.000000169. The van der Waals surface area contributed by atoms with Crippen LogP contribution in [-0.4, -0.2) is 39.0 Å². The van der Waals surface area contributed by atoms with Gasteiger partial charge in [-0.05, 0) is 52.0 Å². The summed E-state index contributed by atoms with van der Waals surface area (Å²) in [6.45, 7) is 7.38. The van der Waals surface area contributed by atoms with Gasteiger partial charge in [0, 0.05) is 47.8 Å². The SMILES string of the molecule is Cc1ccc(Nc2nc(C#N)cc(-n3c(C)nc4cc(F)c(F)cc43)n2)cc1.Cc1ccc(Nc2nc(Cl)cc(-n3c(C)nc4cc(F)c(F)cc43)n2)cc1. The van der Waals surface area contributed by atoms with Gasteiger partial charge in [-0.2, -0.15) is 15.2 Å². The summed E-state index contributed by atoms with van der Waals surface area (Å²) in [5.74, 6) is -1.65. The fraction of sp³-hybridized carbons (Fsp3) is 0.103. The highest BCUT2D eigenvalue weighted by molar-refractivity contribution is 6.29. The van der Waals surface area contributed by atoms with Gasteiger partial charge < -0.3 is 10.6 Å². The first-order valence-electron chi connectivity index (χ1n) is 16.6. The second-order valence-corrected chi connectivity index (χ2v) is 12.8. The lowest BCUT2D eigenvalue weighted by Crippen LogP contribution is -2.06.